The Balaban J connectivity index is 2.55. The van der Waals surface area contributed by atoms with E-state index in [9.17, 15) is 17.6 Å². The molecule has 0 bridgehead atoms. The van der Waals surface area contributed by atoms with Crippen molar-refractivity contribution in [3.05, 3.63) is 34.2 Å². The first kappa shape index (κ1) is 15.4. The van der Waals surface area contributed by atoms with Gasteiger partial charge in [0, 0.05) is 7.05 Å². The molecule has 8 nitrogen and oxygen atoms in total. The van der Waals surface area contributed by atoms with Crippen molar-refractivity contribution in [1.82, 2.24) is 15.0 Å². The molecule has 2 rings (SSSR count). The van der Waals surface area contributed by atoms with Gasteiger partial charge in [-0.3, -0.25) is 4.72 Å². The molecule has 2 aromatic rings. The highest BCUT2D eigenvalue weighted by Gasteiger charge is 2.27. The van der Waals surface area contributed by atoms with Gasteiger partial charge in [0.2, 0.25) is 5.03 Å². The van der Waals surface area contributed by atoms with Crippen molar-refractivity contribution in [3.8, 4) is 0 Å². The molecule has 0 amide bonds. The molecule has 21 heavy (non-hydrogen) atoms. The van der Waals surface area contributed by atoms with Crippen molar-refractivity contribution < 1.29 is 22.7 Å². The predicted octanol–water partition coefficient (Wildman–Crippen LogP) is 1.22. The van der Waals surface area contributed by atoms with Gasteiger partial charge in [0.05, 0.1) is 11.3 Å². The number of hydrogen-bond donors (Lipinski definition) is 2. The van der Waals surface area contributed by atoms with Crippen LogP contribution < -0.4 is 4.72 Å². The second-order valence-corrected chi connectivity index (χ2v) is 6.23. The number of nitrogens with zero attached hydrogens (tertiary/aromatic N) is 3. The van der Waals surface area contributed by atoms with E-state index in [0.29, 0.717) is 0 Å². The van der Waals surface area contributed by atoms with Gasteiger partial charge in [-0.05, 0) is 28.1 Å². The van der Waals surface area contributed by atoms with Crippen LogP contribution in [0.1, 0.15) is 10.4 Å². The van der Waals surface area contributed by atoms with Crippen LogP contribution in [0.15, 0.2) is 27.8 Å². The third kappa shape index (κ3) is 2.88. The lowest BCUT2D eigenvalue weighted by molar-refractivity contribution is 0.0697. The molecule has 0 atom stereocenters. The summed E-state index contributed by atoms with van der Waals surface area (Å²) in [4.78, 5) is 11.0. The summed E-state index contributed by atoms with van der Waals surface area (Å²) < 4.78 is 41.0. The van der Waals surface area contributed by atoms with Crippen molar-refractivity contribution in [3.63, 3.8) is 0 Å². The molecule has 0 aliphatic rings. The molecule has 11 heteroatoms. The maximum atomic E-state index is 13.7. The van der Waals surface area contributed by atoms with E-state index in [1.54, 1.807) is 0 Å². The molecule has 0 aliphatic carbocycles. The molecule has 0 radical (unpaired) electrons. The van der Waals surface area contributed by atoms with Crippen LogP contribution in [-0.4, -0.2) is 34.5 Å². The Kier molecular flexibility index (Phi) is 3.96. The topological polar surface area (TPSA) is 114 Å². The van der Waals surface area contributed by atoms with Crippen LogP contribution in [0.3, 0.4) is 0 Å². The normalized spacial score (nSPS) is 11.4. The Labute approximate surface area is 126 Å². The second-order valence-electron chi connectivity index (χ2n) is 3.88. The van der Waals surface area contributed by atoms with Crippen LogP contribution in [0.2, 0.25) is 0 Å². The number of carbonyl (C=O) groups is 1. The minimum atomic E-state index is -4.27. The highest BCUT2D eigenvalue weighted by molar-refractivity contribution is 9.10. The number of benzene rings is 1. The lowest BCUT2D eigenvalue weighted by Crippen LogP contribution is -2.20. The van der Waals surface area contributed by atoms with Crippen LogP contribution in [-0.2, 0) is 17.1 Å². The molecule has 0 aliphatic heterocycles. The van der Waals surface area contributed by atoms with Crippen molar-refractivity contribution in [2.24, 2.45) is 7.05 Å². The number of rotatable bonds is 4. The number of carboxylic acid groups (broad SMARTS) is 1. The number of aromatic nitrogens is 3. The Hall–Kier alpha value is -2.01. The van der Waals surface area contributed by atoms with Crippen LogP contribution in [0.25, 0.3) is 0 Å². The number of para-hydroxylation sites is 1. The highest BCUT2D eigenvalue weighted by Crippen LogP contribution is 2.25. The summed E-state index contributed by atoms with van der Waals surface area (Å²) in [5, 5.41) is 15.6. The van der Waals surface area contributed by atoms with E-state index >= 15 is 0 Å². The molecule has 1 aromatic heterocycles. The molecular weight excluding hydrogens is 371 g/mol. The number of sulfonamides is 1. The lowest BCUT2D eigenvalue weighted by Gasteiger charge is -2.11. The van der Waals surface area contributed by atoms with E-state index < -0.39 is 33.1 Å². The molecular formula is C10H8BrFN4O4S. The Bertz CT molecular complexity index is 801. The maximum absolute atomic E-state index is 13.7. The first-order valence-corrected chi connectivity index (χ1v) is 7.61. The average molecular weight is 379 g/mol. The van der Waals surface area contributed by atoms with E-state index in [2.05, 4.69) is 26.2 Å². The summed E-state index contributed by atoms with van der Waals surface area (Å²) in [5.74, 6) is -2.47. The van der Waals surface area contributed by atoms with Gasteiger partial charge in [-0.25, -0.2) is 13.9 Å². The monoisotopic (exact) mass is 378 g/mol. The Morgan fingerprint density at radius 1 is 1.48 bits per heavy atom. The number of hydrogen-bond acceptors (Lipinski definition) is 5. The van der Waals surface area contributed by atoms with Gasteiger partial charge in [-0.1, -0.05) is 11.3 Å². The molecule has 0 spiro atoms. The highest BCUT2D eigenvalue weighted by atomic mass is 79.9. The van der Waals surface area contributed by atoms with E-state index in [1.807, 2.05) is 4.72 Å². The van der Waals surface area contributed by atoms with Crippen LogP contribution >= 0.6 is 15.9 Å². The molecule has 0 saturated heterocycles. The van der Waals surface area contributed by atoms with Crippen molar-refractivity contribution in [2.45, 2.75) is 5.03 Å². The Morgan fingerprint density at radius 3 is 2.67 bits per heavy atom. The maximum Gasteiger partial charge on any atom is 0.337 e. The quantitative estimate of drug-likeness (QED) is 0.826. The summed E-state index contributed by atoms with van der Waals surface area (Å²) >= 11 is 2.91. The first-order chi connectivity index (χ1) is 9.74. The average Bonchev–Trinajstić information content (AvgIpc) is 2.71. The summed E-state index contributed by atoms with van der Waals surface area (Å²) in [6, 6.07) is 3.19. The zero-order chi connectivity index (χ0) is 15.8. The first-order valence-electron chi connectivity index (χ1n) is 5.34. The number of halogens is 2. The smallest absolute Gasteiger partial charge is 0.337 e. The van der Waals surface area contributed by atoms with Gasteiger partial charge < -0.3 is 5.11 Å². The van der Waals surface area contributed by atoms with Crippen molar-refractivity contribution in [1.29, 1.82) is 0 Å². The van der Waals surface area contributed by atoms with Gasteiger partial charge in [-0.2, -0.15) is 8.42 Å². The van der Waals surface area contributed by atoms with Crippen LogP contribution in [0, 0.1) is 5.82 Å². The van der Waals surface area contributed by atoms with Gasteiger partial charge in [0.15, 0.2) is 4.60 Å². The zero-order valence-corrected chi connectivity index (χ0v) is 12.8. The molecule has 0 fully saturated rings. The number of anilines is 1. The van der Waals surface area contributed by atoms with Gasteiger partial charge in [0.25, 0.3) is 10.0 Å². The summed E-state index contributed by atoms with van der Waals surface area (Å²) in [5.41, 5.74) is -1.16. The lowest BCUT2D eigenvalue weighted by atomic mass is 10.2. The minimum Gasteiger partial charge on any atom is -0.478 e. The molecule has 0 unspecified atom stereocenters. The number of carboxylic acids is 1. The van der Waals surface area contributed by atoms with Crippen LogP contribution in [0.5, 0.6) is 0 Å². The molecule has 1 aromatic carbocycles. The van der Waals surface area contributed by atoms with Crippen molar-refractivity contribution >= 4 is 37.6 Å². The molecule has 1 heterocycles. The predicted molar refractivity (Wildman–Crippen MR) is 72.9 cm³/mol. The van der Waals surface area contributed by atoms with E-state index in [-0.39, 0.29) is 9.63 Å². The summed E-state index contributed by atoms with van der Waals surface area (Å²) in [6.45, 7) is 0. The largest absolute Gasteiger partial charge is 0.478 e. The molecule has 0 saturated carbocycles. The van der Waals surface area contributed by atoms with Gasteiger partial charge in [0.1, 0.15) is 5.82 Å². The number of nitrogens with one attached hydrogen (secondary N) is 1. The van der Waals surface area contributed by atoms with E-state index in [4.69, 9.17) is 5.11 Å². The molecule has 2 N–H and O–H groups in total. The fourth-order valence-corrected chi connectivity index (χ4v) is 3.78. The third-order valence-electron chi connectivity index (χ3n) is 2.47. The minimum absolute atomic E-state index is 0.0780. The Morgan fingerprint density at radius 2 is 2.14 bits per heavy atom. The molecule has 112 valence electrons. The van der Waals surface area contributed by atoms with E-state index in [1.165, 1.54) is 7.05 Å². The van der Waals surface area contributed by atoms with Gasteiger partial charge in [-0.15, -0.1) is 5.10 Å². The summed E-state index contributed by atoms with van der Waals surface area (Å²) in [6.07, 6.45) is 0. The second kappa shape index (κ2) is 5.41. The number of aryl methyl sites for hydroxylation is 1. The standard InChI is InChI=1S/C10H8BrFN4O4S/c1-16-9(8(11)13-15-16)21(19,20)14-7-5(10(17)18)3-2-4-6(7)12/h2-4,14H,1H3,(H,17,18). The third-order valence-corrected chi connectivity index (χ3v) is 4.71. The fourth-order valence-electron chi connectivity index (χ4n) is 1.60. The fraction of sp³-hybridized carbons (Fsp3) is 0.100. The SMILES string of the molecule is Cn1nnc(Br)c1S(=O)(=O)Nc1c(F)cccc1C(=O)O. The number of aromatic carboxylic acids is 1. The zero-order valence-electron chi connectivity index (χ0n) is 10.4. The van der Waals surface area contributed by atoms with Gasteiger partial charge >= 0.3 is 5.97 Å². The summed E-state index contributed by atoms with van der Waals surface area (Å²) in [7, 11) is -2.95. The van der Waals surface area contributed by atoms with Crippen molar-refractivity contribution in [2.75, 3.05) is 4.72 Å². The van der Waals surface area contributed by atoms with E-state index in [0.717, 1.165) is 22.9 Å². The van der Waals surface area contributed by atoms with Crippen LogP contribution in [0.4, 0.5) is 10.1 Å².